The first-order valence-electron chi connectivity index (χ1n) is 7.57. The van der Waals surface area contributed by atoms with E-state index in [1.807, 2.05) is 0 Å². The molecule has 0 bridgehead atoms. The van der Waals surface area contributed by atoms with Crippen molar-refractivity contribution < 1.29 is 23.9 Å². The second-order valence-corrected chi connectivity index (χ2v) is 6.32. The molecule has 1 saturated heterocycles. The minimum absolute atomic E-state index is 0.277. The van der Waals surface area contributed by atoms with Crippen LogP contribution in [0.15, 0.2) is 0 Å². The maximum atomic E-state index is 12.6. The highest BCUT2D eigenvalue weighted by Crippen LogP contribution is 2.20. The van der Waals surface area contributed by atoms with Crippen LogP contribution in [0.2, 0.25) is 0 Å². The topological polar surface area (TPSA) is 84.9 Å². The van der Waals surface area contributed by atoms with E-state index in [0.717, 1.165) is 6.42 Å². The van der Waals surface area contributed by atoms with Crippen molar-refractivity contribution in [2.45, 2.75) is 64.6 Å². The summed E-state index contributed by atoms with van der Waals surface area (Å²) in [6.07, 6.45) is 1.11. The zero-order valence-electron chi connectivity index (χ0n) is 14.0. The van der Waals surface area contributed by atoms with E-state index in [1.165, 1.54) is 12.0 Å². The van der Waals surface area contributed by atoms with E-state index in [2.05, 4.69) is 5.32 Å². The number of hydrogen-bond donors (Lipinski definition) is 1. The zero-order valence-corrected chi connectivity index (χ0v) is 14.0. The third kappa shape index (κ3) is 4.89. The molecule has 0 aromatic heterocycles. The lowest BCUT2D eigenvalue weighted by Crippen LogP contribution is -2.52. The van der Waals surface area contributed by atoms with Crippen molar-refractivity contribution >= 4 is 18.0 Å². The Morgan fingerprint density at radius 2 is 1.95 bits per heavy atom. The molecule has 1 heterocycles. The van der Waals surface area contributed by atoms with Gasteiger partial charge >= 0.3 is 12.1 Å². The van der Waals surface area contributed by atoms with E-state index < -0.39 is 29.7 Å². The number of rotatable bonds is 4. The van der Waals surface area contributed by atoms with Crippen LogP contribution in [0, 0.1) is 0 Å². The normalized spacial score (nSPS) is 19.5. The number of carbonyl (C=O) groups is 3. The number of esters is 1. The molecule has 1 rings (SSSR count). The van der Waals surface area contributed by atoms with Crippen LogP contribution in [0.1, 0.15) is 47.0 Å². The van der Waals surface area contributed by atoms with Crippen LogP contribution < -0.4 is 5.32 Å². The van der Waals surface area contributed by atoms with Crippen molar-refractivity contribution in [1.29, 1.82) is 0 Å². The molecule has 7 nitrogen and oxygen atoms in total. The summed E-state index contributed by atoms with van der Waals surface area (Å²) in [6, 6.07) is -1.27. The summed E-state index contributed by atoms with van der Waals surface area (Å²) in [5, 5.41) is 2.57. The van der Waals surface area contributed by atoms with Crippen molar-refractivity contribution in [2.24, 2.45) is 0 Å². The predicted molar refractivity (Wildman–Crippen MR) is 80.2 cm³/mol. The molecular formula is C15H26N2O5. The third-order valence-electron chi connectivity index (χ3n) is 3.41. The van der Waals surface area contributed by atoms with Gasteiger partial charge in [-0.25, -0.2) is 9.59 Å². The Morgan fingerprint density at radius 3 is 2.45 bits per heavy atom. The molecule has 1 aliphatic heterocycles. The largest absolute Gasteiger partial charge is 0.467 e. The van der Waals surface area contributed by atoms with Gasteiger partial charge in [0.25, 0.3) is 0 Å². The Bertz CT molecular complexity index is 430. The second kappa shape index (κ2) is 7.47. The van der Waals surface area contributed by atoms with Gasteiger partial charge in [-0.3, -0.25) is 4.79 Å². The summed E-state index contributed by atoms with van der Waals surface area (Å²) < 4.78 is 9.90. The van der Waals surface area contributed by atoms with Gasteiger partial charge in [-0.15, -0.1) is 0 Å². The summed E-state index contributed by atoms with van der Waals surface area (Å²) in [4.78, 5) is 37.6. The highest BCUT2D eigenvalue weighted by molar-refractivity contribution is 5.90. The van der Waals surface area contributed by atoms with Crippen LogP contribution in [0.3, 0.4) is 0 Å². The van der Waals surface area contributed by atoms with E-state index >= 15 is 0 Å². The zero-order chi connectivity index (χ0) is 16.9. The van der Waals surface area contributed by atoms with Gasteiger partial charge in [0.1, 0.15) is 17.7 Å². The fraction of sp³-hybridized carbons (Fsp3) is 0.800. The predicted octanol–water partition coefficient (Wildman–Crippen LogP) is 1.45. The van der Waals surface area contributed by atoms with Crippen LogP contribution in [-0.4, -0.2) is 54.2 Å². The fourth-order valence-corrected chi connectivity index (χ4v) is 2.40. The molecule has 126 valence electrons. The molecule has 22 heavy (non-hydrogen) atoms. The first-order valence-corrected chi connectivity index (χ1v) is 7.57. The van der Waals surface area contributed by atoms with Crippen LogP contribution in [0.5, 0.6) is 0 Å². The summed E-state index contributed by atoms with van der Waals surface area (Å²) in [6.45, 7) is 7.55. The van der Waals surface area contributed by atoms with Gasteiger partial charge in [0, 0.05) is 6.54 Å². The minimum Gasteiger partial charge on any atom is -0.467 e. The number of nitrogens with zero attached hydrogens (tertiary/aromatic N) is 1. The summed E-state index contributed by atoms with van der Waals surface area (Å²) in [5.41, 5.74) is -0.631. The number of amides is 2. The van der Waals surface area contributed by atoms with Crippen LogP contribution in [0.4, 0.5) is 4.79 Å². The quantitative estimate of drug-likeness (QED) is 0.794. The van der Waals surface area contributed by atoms with Gasteiger partial charge in [-0.1, -0.05) is 6.92 Å². The Morgan fingerprint density at radius 1 is 1.32 bits per heavy atom. The molecule has 1 aliphatic rings. The van der Waals surface area contributed by atoms with E-state index in [1.54, 1.807) is 27.7 Å². The number of likely N-dealkylation sites (tertiary alicyclic amines) is 1. The lowest BCUT2D eigenvalue weighted by molar-refractivity contribution is -0.151. The Kier molecular flexibility index (Phi) is 6.20. The SMILES string of the molecule is CCC(NC(=O)OC(C)(C)C)C(=O)N1CCCC1C(=O)OC. The van der Waals surface area contributed by atoms with Gasteiger partial charge in [-0.2, -0.15) is 0 Å². The molecule has 0 aromatic rings. The van der Waals surface area contributed by atoms with Crippen LogP contribution >= 0.6 is 0 Å². The molecule has 1 N–H and O–H groups in total. The molecule has 2 atom stereocenters. The van der Waals surface area contributed by atoms with Crippen molar-refractivity contribution in [3.05, 3.63) is 0 Å². The molecule has 0 spiro atoms. The summed E-state index contributed by atoms with van der Waals surface area (Å²) >= 11 is 0. The van der Waals surface area contributed by atoms with Crippen molar-refractivity contribution in [3.63, 3.8) is 0 Å². The monoisotopic (exact) mass is 314 g/mol. The van der Waals surface area contributed by atoms with E-state index in [-0.39, 0.29) is 5.91 Å². The average molecular weight is 314 g/mol. The molecule has 0 aromatic carbocycles. The average Bonchev–Trinajstić information content (AvgIpc) is 2.90. The maximum Gasteiger partial charge on any atom is 0.408 e. The maximum absolute atomic E-state index is 12.6. The van der Waals surface area contributed by atoms with E-state index in [0.29, 0.717) is 19.4 Å². The third-order valence-corrected chi connectivity index (χ3v) is 3.41. The second-order valence-electron chi connectivity index (χ2n) is 6.32. The molecule has 2 amide bonds. The number of ether oxygens (including phenoxy) is 2. The van der Waals surface area contributed by atoms with Crippen molar-refractivity contribution in [2.75, 3.05) is 13.7 Å². The number of carbonyl (C=O) groups excluding carboxylic acids is 3. The van der Waals surface area contributed by atoms with Gasteiger partial charge in [0.2, 0.25) is 5.91 Å². The minimum atomic E-state index is -0.708. The standard InChI is InChI=1S/C15H26N2O5/c1-6-10(16-14(20)22-15(2,3)4)12(18)17-9-7-8-11(17)13(19)21-5/h10-11H,6-9H2,1-5H3,(H,16,20). The number of nitrogens with one attached hydrogen (secondary N) is 1. The van der Waals surface area contributed by atoms with Gasteiger partial charge in [0.05, 0.1) is 7.11 Å². The van der Waals surface area contributed by atoms with Crippen molar-refractivity contribution in [3.8, 4) is 0 Å². The van der Waals surface area contributed by atoms with Crippen LogP contribution in [0.25, 0.3) is 0 Å². The number of methoxy groups -OCH3 is 1. The van der Waals surface area contributed by atoms with E-state index in [4.69, 9.17) is 9.47 Å². The Labute approximate surface area is 131 Å². The van der Waals surface area contributed by atoms with Gasteiger partial charge in [0.15, 0.2) is 0 Å². The van der Waals surface area contributed by atoms with Crippen LogP contribution in [-0.2, 0) is 19.1 Å². The first kappa shape index (κ1) is 18.3. The molecule has 0 radical (unpaired) electrons. The molecule has 0 saturated carbocycles. The molecular weight excluding hydrogens is 288 g/mol. The lowest BCUT2D eigenvalue weighted by Gasteiger charge is -2.28. The highest BCUT2D eigenvalue weighted by Gasteiger charge is 2.38. The smallest absolute Gasteiger partial charge is 0.408 e. The van der Waals surface area contributed by atoms with E-state index in [9.17, 15) is 14.4 Å². The Balaban J connectivity index is 2.71. The fourth-order valence-electron chi connectivity index (χ4n) is 2.40. The highest BCUT2D eigenvalue weighted by atomic mass is 16.6. The molecule has 2 unspecified atom stereocenters. The van der Waals surface area contributed by atoms with Gasteiger partial charge in [-0.05, 0) is 40.0 Å². The van der Waals surface area contributed by atoms with Gasteiger partial charge < -0.3 is 19.7 Å². The lowest BCUT2D eigenvalue weighted by atomic mass is 10.1. The summed E-state index contributed by atoms with van der Waals surface area (Å²) in [5.74, 6) is -0.695. The number of alkyl carbamates (subject to hydrolysis) is 1. The molecule has 7 heteroatoms. The van der Waals surface area contributed by atoms with Crippen molar-refractivity contribution in [1.82, 2.24) is 10.2 Å². The first-order chi connectivity index (χ1) is 10.2. The Hall–Kier alpha value is -1.79. The molecule has 0 aliphatic carbocycles. The molecule has 1 fully saturated rings. The number of hydrogen-bond acceptors (Lipinski definition) is 5. The summed E-state index contributed by atoms with van der Waals surface area (Å²) in [7, 11) is 1.31.